The molecule has 2 atom stereocenters. The van der Waals surface area contributed by atoms with E-state index in [9.17, 15) is 0 Å². The van der Waals surface area contributed by atoms with Crippen LogP contribution in [-0.4, -0.2) is 42.4 Å². The zero-order chi connectivity index (χ0) is 13.1. The fraction of sp³-hybridized carbons (Fsp3) is 0.636. The molecule has 1 aliphatic heterocycles. The van der Waals surface area contributed by atoms with Crippen molar-refractivity contribution in [1.82, 2.24) is 9.97 Å². The molecule has 1 fully saturated rings. The lowest BCUT2D eigenvalue weighted by Gasteiger charge is -2.36. The van der Waals surface area contributed by atoms with Gasteiger partial charge in [0.2, 0.25) is 5.75 Å². The van der Waals surface area contributed by atoms with Crippen LogP contribution in [0.15, 0.2) is 6.33 Å². The van der Waals surface area contributed by atoms with Gasteiger partial charge in [0, 0.05) is 13.1 Å². The molecule has 1 aromatic heterocycles. The number of hydrazine groups is 1. The van der Waals surface area contributed by atoms with Crippen molar-refractivity contribution >= 4 is 11.6 Å². The lowest BCUT2D eigenvalue weighted by Crippen LogP contribution is -2.46. The number of aromatic nitrogens is 2. The Morgan fingerprint density at radius 1 is 1.39 bits per heavy atom. The highest BCUT2D eigenvalue weighted by molar-refractivity contribution is 5.64. The molecule has 0 radical (unpaired) electrons. The van der Waals surface area contributed by atoms with E-state index in [1.54, 1.807) is 7.11 Å². The van der Waals surface area contributed by atoms with E-state index in [2.05, 4.69) is 20.3 Å². The van der Waals surface area contributed by atoms with Crippen LogP contribution in [-0.2, 0) is 4.74 Å². The second-order valence-corrected chi connectivity index (χ2v) is 4.39. The van der Waals surface area contributed by atoms with E-state index in [0.717, 1.165) is 18.9 Å². The predicted molar refractivity (Wildman–Crippen MR) is 68.6 cm³/mol. The van der Waals surface area contributed by atoms with Gasteiger partial charge in [-0.2, -0.15) is 0 Å². The van der Waals surface area contributed by atoms with E-state index in [0.29, 0.717) is 11.6 Å². The van der Waals surface area contributed by atoms with Crippen LogP contribution in [0.25, 0.3) is 0 Å². The van der Waals surface area contributed by atoms with Crippen molar-refractivity contribution in [2.75, 3.05) is 30.5 Å². The van der Waals surface area contributed by atoms with Gasteiger partial charge in [0.05, 0.1) is 19.3 Å². The van der Waals surface area contributed by atoms with Crippen molar-refractivity contribution in [3.63, 3.8) is 0 Å². The standard InChI is InChI=1S/C11H19N5O2/c1-7-4-16(5-8(2)18-7)11-9(17-3)10(15-12)13-6-14-11/h6-8H,4-5,12H2,1-3H3,(H,13,14,15). The Morgan fingerprint density at radius 2 is 2.06 bits per heavy atom. The van der Waals surface area contributed by atoms with Gasteiger partial charge < -0.3 is 19.8 Å². The molecule has 0 bridgehead atoms. The number of nitrogens with one attached hydrogen (secondary N) is 1. The topological polar surface area (TPSA) is 85.5 Å². The molecular formula is C11H19N5O2. The normalized spacial score (nSPS) is 23.9. The van der Waals surface area contributed by atoms with Gasteiger partial charge >= 0.3 is 0 Å². The highest BCUT2D eigenvalue weighted by atomic mass is 16.5. The minimum absolute atomic E-state index is 0.155. The molecule has 0 spiro atoms. The van der Waals surface area contributed by atoms with Crippen LogP contribution < -0.4 is 20.9 Å². The van der Waals surface area contributed by atoms with E-state index in [1.165, 1.54) is 6.33 Å². The molecule has 7 heteroatoms. The third kappa shape index (κ3) is 2.46. The first-order chi connectivity index (χ1) is 8.65. The summed E-state index contributed by atoms with van der Waals surface area (Å²) in [5.41, 5.74) is 2.51. The third-order valence-corrected chi connectivity index (χ3v) is 2.85. The number of ether oxygens (including phenoxy) is 2. The Hall–Kier alpha value is -1.60. The third-order valence-electron chi connectivity index (χ3n) is 2.85. The summed E-state index contributed by atoms with van der Waals surface area (Å²) in [5.74, 6) is 7.19. The highest BCUT2D eigenvalue weighted by Gasteiger charge is 2.26. The quantitative estimate of drug-likeness (QED) is 0.595. The van der Waals surface area contributed by atoms with Crippen molar-refractivity contribution < 1.29 is 9.47 Å². The van der Waals surface area contributed by atoms with Gasteiger partial charge in [0.25, 0.3) is 0 Å². The van der Waals surface area contributed by atoms with Crippen LogP contribution in [0.3, 0.4) is 0 Å². The van der Waals surface area contributed by atoms with Crippen LogP contribution >= 0.6 is 0 Å². The van der Waals surface area contributed by atoms with Crippen molar-refractivity contribution in [3.8, 4) is 5.75 Å². The molecule has 0 amide bonds. The molecule has 1 saturated heterocycles. The van der Waals surface area contributed by atoms with E-state index in [1.807, 2.05) is 13.8 Å². The maximum absolute atomic E-state index is 5.70. The Bertz CT molecular complexity index is 404. The lowest BCUT2D eigenvalue weighted by molar-refractivity contribution is -0.00558. The van der Waals surface area contributed by atoms with Crippen molar-refractivity contribution in [1.29, 1.82) is 0 Å². The molecule has 2 heterocycles. The second-order valence-electron chi connectivity index (χ2n) is 4.39. The van der Waals surface area contributed by atoms with Gasteiger partial charge in [-0.1, -0.05) is 0 Å². The summed E-state index contributed by atoms with van der Waals surface area (Å²) < 4.78 is 11.0. The molecule has 0 saturated carbocycles. The molecule has 2 rings (SSSR count). The average Bonchev–Trinajstić information content (AvgIpc) is 2.36. The predicted octanol–water partition coefficient (Wildman–Crippen LogP) is 0.384. The molecule has 0 aliphatic carbocycles. The largest absolute Gasteiger partial charge is 0.490 e. The van der Waals surface area contributed by atoms with E-state index in [-0.39, 0.29) is 12.2 Å². The fourth-order valence-corrected chi connectivity index (χ4v) is 2.23. The van der Waals surface area contributed by atoms with Crippen LogP contribution in [0.5, 0.6) is 5.75 Å². The van der Waals surface area contributed by atoms with Crippen LogP contribution in [0.1, 0.15) is 13.8 Å². The number of nitrogens with two attached hydrogens (primary N) is 1. The summed E-state index contributed by atoms with van der Waals surface area (Å²) >= 11 is 0. The number of nitrogen functional groups attached to an aromatic ring is 1. The number of anilines is 2. The van der Waals surface area contributed by atoms with E-state index >= 15 is 0 Å². The van der Waals surface area contributed by atoms with E-state index < -0.39 is 0 Å². The molecule has 1 aliphatic rings. The molecule has 1 aromatic rings. The van der Waals surface area contributed by atoms with Gasteiger partial charge in [-0.05, 0) is 13.8 Å². The fourth-order valence-electron chi connectivity index (χ4n) is 2.23. The van der Waals surface area contributed by atoms with Gasteiger partial charge in [0.15, 0.2) is 11.6 Å². The average molecular weight is 253 g/mol. The number of hydrogen-bond donors (Lipinski definition) is 2. The van der Waals surface area contributed by atoms with Crippen LogP contribution in [0.2, 0.25) is 0 Å². The summed E-state index contributed by atoms with van der Waals surface area (Å²) in [6.45, 7) is 5.61. The Balaban J connectivity index is 2.32. The summed E-state index contributed by atoms with van der Waals surface area (Å²) in [6.07, 6.45) is 1.78. The molecular weight excluding hydrogens is 234 g/mol. The number of hydrogen-bond acceptors (Lipinski definition) is 7. The molecule has 3 N–H and O–H groups in total. The Labute approximate surface area is 106 Å². The maximum Gasteiger partial charge on any atom is 0.205 e. The first-order valence-electron chi connectivity index (χ1n) is 5.91. The summed E-state index contributed by atoms with van der Waals surface area (Å²) in [7, 11) is 1.58. The van der Waals surface area contributed by atoms with Gasteiger partial charge in [-0.15, -0.1) is 0 Å². The van der Waals surface area contributed by atoms with Gasteiger partial charge in [0.1, 0.15) is 6.33 Å². The van der Waals surface area contributed by atoms with Crippen molar-refractivity contribution in [3.05, 3.63) is 6.33 Å². The minimum atomic E-state index is 0.155. The number of methoxy groups -OCH3 is 1. The lowest BCUT2D eigenvalue weighted by atomic mass is 10.2. The van der Waals surface area contributed by atoms with Gasteiger partial charge in [-0.3, -0.25) is 0 Å². The molecule has 2 unspecified atom stereocenters. The summed E-state index contributed by atoms with van der Waals surface area (Å²) in [4.78, 5) is 10.4. The second kappa shape index (κ2) is 5.36. The SMILES string of the molecule is COc1c(NN)ncnc1N1CC(C)OC(C)C1. The minimum Gasteiger partial charge on any atom is -0.490 e. The Morgan fingerprint density at radius 3 is 2.61 bits per heavy atom. The van der Waals surface area contributed by atoms with Crippen LogP contribution in [0.4, 0.5) is 11.6 Å². The summed E-state index contributed by atoms with van der Waals surface area (Å²) in [6, 6.07) is 0. The van der Waals surface area contributed by atoms with Crippen molar-refractivity contribution in [2.45, 2.75) is 26.1 Å². The summed E-state index contributed by atoms with van der Waals surface area (Å²) in [5, 5.41) is 0. The Kier molecular flexibility index (Phi) is 3.83. The molecule has 18 heavy (non-hydrogen) atoms. The first-order valence-corrected chi connectivity index (χ1v) is 5.91. The zero-order valence-electron chi connectivity index (χ0n) is 10.9. The first kappa shape index (κ1) is 12.8. The zero-order valence-corrected chi connectivity index (χ0v) is 10.9. The number of rotatable bonds is 3. The maximum atomic E-state index is 5.70. The molecule has 7 nitrogen and oxygen atoms in total. The number of morpholine rings is 1. The molecule has 100 valence electrons. The van der Waals surface area contributed by atoms with Crippen molar-refractivity contribution in [2.24, 2.45) is 5.84 Å². The smallest absolute Gasteiger partial charge is 0.205 e. The monoisotopic (exact) mass is 253 g/mol. The number of nitrogens with zero attached hydrogens (tertiary/aromatic N) is 3. The van der Waals surface area contributed by atoms with E-state index in [4.69, 9.17) is 15.3 Å². The van der Waals surface area contributed by atoms with Crippen LogP contribution in [0, 0.1) is 0 Å². The van der Waals surface area contributed by atoms with Gasteiger partial charge in [-0.25, -0.2) is 15.8 Å². The molecule has 0 aromatic carbocycles. The highest BCUT2D eigenvalue weighted by Crippen LogP contribution is 2.32.